The third-order valence-electron chi connectivity index (χ3n) is 6.78. The maximum absolute atomic E-state index is 13.5. The van der Waals surface area contributed by atoms with Crippen LogP contribution in [-0.4, -0.2) is 79.0 Å². The lowest BCUT2D eigenvalue weighted by Gasteiger charge is -2.24. The van der Waals surface area contributed by atoms with Gasteiger partial charge in [0.2, 0.25) is 11.9 Å². The lowest BCUT2D eigenvalue weighted by atomic mass is 10.0. The van der Waals surface area contributed by atoms with Crippen molar-refractivity contribution in [3.63, 3.8) is 0 Å². The van der Waals surface area contributed by atoms with Crippen molar-refractivity contribution in [2.45, 2.75) is 19.0 Å². The number of anilines is 3. The summed E-state index contributed by atoms with van der Waals surface area (Å²) in [7, 11) is 5.41. The zero-order valence-corrected chi connectivity index (χ0v) is 23.7. The van der Waals surface area contributed by atoms with Crippen molar-refractivity contribution < 1.29 is 14.7 Å². The number of aryl methyl sites for hydroxylation is 1. The molecule has 0 radical (unpaired) electrons. The SMILES string of the molecule is C[C@@H]1c2ccc(-c3nc(Nc4cnn(C)n4)ncc3Cl)cc2C(=O)N1CC(=O)NC(CO)c1ccnc(N(C)C)c1. The summed E-state index contributed by atoms with van der Waals surface area (Å²) in [5.41, 5.74) is 3.03. The Bertz CT molecular complexity index is 1610. The molecular formula is C27H29ClN10O3. The Morgan fingerprint density at radius 2 is 2.00 bits per heavy atom. The molecule has 0 aliphatic carbocycles. The van der Waals surface area contributed by atoms with Crippen molar-refractivity contribution in [1.82, 2.24) is 40.2 Å². The first-order valence-corrected chi connectivity index (χ1v) is 13.2. The van der Waals surface area contributed by atoms with E-state index in [-0.39, 0.29) is 37.0 Å². The maximum atomic E-state index is 13.5. The lowest BCUT2D eigenvalue weighted by Crippen LogP contribution is -2.41. The molecule has 0 spiro atoms. The van der Waals surface area contributed by atoms with Gasteiger partial charge in [0.05, 0.1) is 41.8 Å². The number of benzene rings is 1. The number of nitrogens with zero attached hydrogens (tertiary/aromatic N) is 8. The number of carbonyl (C=O) groups is 2. The number of hydrogen-bond donors (Lipinski definition) is 3. The third-order valence-corrected chi connectivity index (χ3v) is 7.06. The van der Waals surface area contributed by atoms with Crippen LogP contribution in [0.25, 0.3) is 11.3 Å². The molecule has 14 heteroatoms. The number of carbonyl (C=O) groups excluding carboxylic acids is 2. The highest BCUT2D eigenvalue weighted by Gasteiger charge is 2.35. The van der Waals surface area contributed by atoms with Crippen LogP contribution < -0.4 is 15.5 Å². The largest absolute Gasteiger partial charge is 0.394 e. The molecule has 1 aromatic carbocycles. The summed E-state index contributed by atoms with van der Waals surface area (Å²) in [5.74, 6) is 0.767. The minimum atomic E-state index is -0.643. The Balaban J connectivity index is 1.32. The van der Waals surface area contributed by atoms with E-state index in [1.54, 1.807) is 37.6 Å². The number of fused-ring (bicyclic) bond motifs is 1. The van der Waals surface area contributed by atoms with Crippen LogP contribution in [0.3, 0.4) is 0 Å². The highest BCUT2D eigenvalue weighted by Crippen LogP contribution is 2.37. The van der Waals surface area contributed by atoms with Gasteiger partial charge in [-0.3, -0.25) is 9.59 Å². The molecule has 2 atom stereocenters. The minimum absolute atomic E-state index is 0.174. The molecule has 212 valence electrons. The molecule has 2 amide bonds. The molecule has 1 unspecified atom stereocenters. The molecule has 1 aliphatic rings. The normalized spacial score (nSPS) is 15.0. The maximum Gasteiger partial charge on any atom is 0.255 e. The number of pyridine rings is 1. The number of nitrogens with one attached hydrogen (secondary N) is 2. The van der Waals surface area contributed by atoms with Gasteiger partial charge in [-0.1, -0.05) is 23.7 Å². The third kappa shape index (κ3) is 5.81. The summed E-state index contributed by atoms with van der Waals surface area (Å²) in [5, 5.41) is 24.3. The highest BCUT2D eigenvalue weighted by atomic mass is 35.5. The summed E-state index contributed by atoms with van der Waals surface area (Å²) in [6.07, 6.45) is 4.63. The van der Waals surface area contributed by atoms with Gasteiger partial charge in [0.1, 0.15) is 12.4 Å². The number of aliphatic hydroxyl groups is 1. The van der Waals surface area contributed by atoms with Crippen molar-refractivity contribution in [3.05, 3.63) is 70.6 Å². The standard InChI is InChI=1S/C27H29ClN10O3/c1-15-18-6-5-17(25-20(28)11-30-27(34-25)33-22-12-31-37(4)35-22)9-19(18)26(41)38(15)13-24(40)32-21(14-39)16-7-8-29-23(10-16)36(2)3/h5-12,15,21,39H,13-14H2,1-4H3,(H,32,40)(H,30,33,34,35)/t15-,21?/m1/s1. The van der Waals surface area contributed by atoms with Crippen LogP contribution >= 0.6 is 11.6 Å². The van der Waals surface area contributed by atoms with Crippen LogP contribution in [0.4, 0.5) is 17.6 Å². The Kier molecular flexibility index (Phi) is 7.81. The van der Waals surface area contributed by atoms with Gasteiger partial charge in [0, 0.05) is 38.5 Å². The van der Waals surface area contributed by atoms with Gasteiger partial charge >= 0.3 is 0 Å². The molecule has 4 heterocycles. The summed E-state index contributed by atoms with van der Waals surface area (Å²) in [4.78, 5) is 44.2. The highest BCUT2D eigenvalue weighted by molar-refractivity contribution is 6.33. The average Bonchev–Trinajstić information content (AvgIpc) is 3.48. The summed E-state index contributed by atoms with van der Waals surface area (Å²) in [6, 6.07) is 7.96. The molecule has 0 fully saturated rings. The van der Waals surface area contributed by atoms with E-state index in [0.29, 0.717) is 39.0 Å². The minimum Gasteiger partial charge on any atom is -0.394 e. The molecule has 0 saturated heterocycles. The van der Waals surface area contributed by atoms with Gasteiger partial charge in [-0.05, 0) is 36.2 Å². The monoisotopic (exact) mass is 576 g/mol. The molecule has 1 aliphatic heterocycles. The first kappa shape index (κ1) is 27.9. The second-order valence-corrected chi connectivity index (χ2v) is 10.2. The fraction of sp³-hybridized carbons (Fsp3) is 0.296. The summed E-state index contributed by atoms with van der Waals surface area (Å²) < 4.78 is 0. The van der Waals surface area contributed by atoms with E-state index >= 15 is 0 Å². The first-order chi connectivity index (χ1) is 19.6. The van der Waals surface area contributed by atoms with Crippen LogP contribution in [-0.2, 0) is 11.8 Å². The predicted octanol–water partition coefficient (Wildman–Crippen LogP) is 2.50. The number of aliphatic hydroxyl groups excluding tert-OH is 1. The van der Waals surface area contributed by atoms with Gasteiger partial charge in [-0.2, -0.15) is 9.90 Å². The molecule has 5 rings (SSSR count). The van der Waals surface area contributed by atoms with Gasteiger partial charge < -0.3 is 25.5 Å². The predicted molar refractivity (Wildman–Crippen MR) is 153 cm³/mol. The van der Waals surface area contributed by atoms with E-state index in [0.717, 1.165) is 5.56 Å². The number of hydrogen-bond acceptors (Lipinski definition) is 10. The smallest absolute Gasteiger partial charge is 0.255 e. The van der Waals surface area contributed by atoms with Crippen molar-refractivity contribution in [2.75, 3.05) is 37.5 Å². The second-order valence-electron chi connectivity index (χ2n) is 9.79. The number of aromatic nitrogens is 6. The van der Waals surface area contributed by atoms with Crippen LogP contribution in [0.15, 0.2) is 48.9 Å². The van der Waals surface area contributed by atoms with Crippen LogP contribution in [0.5, 0.6) is 0 Å². The molecule has 3 aromatic heterocycles. The van der Waals surface area contributed by atoms with E-state index in [2.05, 4.69) is 35.8 Å². The van der Waals surface area contributed by atoms with Crippen LogP contribution in [0, 0.1) is 0 Å². The topological polar surface area (TPSA) is 154 Å². The first-order valence-electron chi connectivity index (χ1n) is 12.8. The quantitative estimate of drug-likeness (QED) is 0.271. The molecule has 13 nitrogen and oxygen atoms in total. The number of amides is 2. The number of rotatable bonds is 9. The van der Waals surface area contributed by atoms with Crippen molar-refractivity contribution in [1.29, 1.82) is 0 Å². The van der Waals surface area contributed by atoms with E-state index in [1.807, 2.05) is 38.1 Å². The Hall–Kier alpha value is -4.62. The van der Waals surface area contributed by atoms with E-state index in [4.69, 9.17) is 11.6 Å². The van der Waals surface area contributed by atoms with Gasteiger partial charge in [0.15, 0.2) is 5.82 Å². The van der Waals surface area contributed by atoms with E-state index in [9.17, 15) is 14.7 Å². The zero-order chi connectivity index (χ0) is 29.3. The van der Waals surface area contributed by atoms with Crippen molar-refractivity contribution in [3.8, 4) is 11.3 Å². The fourth-order valence-electron chi connectivity index (χ4n) is 4.63. The van der Waals surface area contributed by atoms with E-state index in [1.165, 1.54) is 15.9 Å². The molecular weight excluding hydrogens is 548 g/mol. The molecule has 3 N–H and O–H groups in total. The molecule has 0 bridgehead atoms. The van der Waals surface area contributed by atoms with Crippen LogP contribution in [0.2, 0.25) is 5.02 Å². The van der Waals surface area contributed by atoms with E-state index < -0.39 is 6.04 Å². The second kappa shape index (κ2) is 11.5. The van der Waals surface area contributed by atoms with Crippen LogP contribution in [0.1, 0.15) is 40.5 Å². The summed E-state index contributed by atoms with van der Waals surface area (Å²) in [6.45, 7) is 1.39. The van der Waals surface area contributed by atoms with Crippen molar-refractivity contribution in [2.24, 2.45) is 7.05 Å². The zero-order valence-electron chi connectivity index (χ0n) is 22.9. The van der Waals surface area contributed by atoms with Gasteiger partial charge in [-0.25, -0.2) is 15.0 Å². The average molecular weight is 577 g/mol. The Morgan fingerprint density at radius 3 is 2.71 bits per heavy atom. The fourth-order valence-corrected chi connectivity index (χ4v) is 4.83. The molecule has 0 saturated carbocycles. The number of halogens is 1. The van der Waals surface area contributed by atoms with Gasteiger partial charge in [0.25, 0.3) is 5.91 Å². The molecule has 41 heavy (non-hydrogen) atoms. The Labute approximate surface area is 241 Å². The molecule has 4 aromatic rings. The summed E-state index contributed by atoms with van der Waals surface area (Å²) >= 11 is 6.43. The Morgan fingerprint density at radius 1 is 1.20 bits per heavy atom. The van der Waals surface area contributed by atoms with Gasteiger partial charge in [-0.15, -0.1) is 5.10 Å². The van der Waals surface area contributed by atoms with Crippen molar-refractivity contribution >= 4 is 41.0 Å². The lowest BCUT2D eigenvalue weighted by molar-refractivity contribution is -0.123.